The molecule has 88 valence electrons. The van der Waals surface area contributed by atoms with Crippen LogP contribution < -0.4 is 11.5 Å². The summed E-state index contributed by atoms with van der Waals surface area (Å²) >= 11 is 1.32. The molecule has 0 aromatic carbocycles. The summed E-state index contributed by atoms with van der Waals surface area (Å²) in [7, 11) is 0. The van der Waals surface area contributed by atoms with E-state index in [1.165, 1.54) is 17.8 Å². The zero-order valence-corrected chi connectivity index (χ0v) is 9.99. The molecule has 0 radical (unpaired) electrons. The van der Waals surface area contributed by atoms with Crippen molar-refractivity contribution in [2.45, 2.75) is 30.2 Å². The van der Waals surface area contributed by atoms with Crippen molar-refractivity contribution in [3.8, 4) is 0 Å². The Morgan fingerprint density at radius 3 is 2.62 bits per heavy atom. The first-order valence-electron chi connectivity index (χ1n) is 4.83. The average molecular weight is 241 g/mol. The maximum absolute atomic E-state index is 10.9. The van der Waals surface area contributed by atoms with Gasteiger partial charge in [-0.15, -0.1) is 0 Å². The first-order valence-corrected chi connectivity index (χ1v) is 5.71. The third-order valence-electron chi connectivity index (χ3n) is 2.12. The number of thioether (sulfide) groups is 1. The molecule has 5 nitrogen and oxygen atoms in total. The molecule has 1 heterocycles. The summed E-state index contributed by atoms with van der Waals surface area (Å²) in [6.45, 7) is 3.54. The number of aromatic nitrogens is 1. The number of pyridine rings is 1. The number of hydrogen-bond donors (Lipinski definition) is 3. The minimum Gasteiger partial charge on any atom is -0.397 e. The van der Waals surface area contributed by atoms with Crippen molar-refractivity contribution in [1.82, 2.24) is 4.98 Å². The summed E-state index contributed by atoms with van der Waals surface area (Å²) in [5.41, 5.74) is 11.5. The molecule has 16 heavy (non-hydrogen) atoms. The number of carbonyl (C=O) groups is 1. The molecule has 0 saturated heterocycles. The molecule has 2 atom stereocenters. The molecule has 6 heteroatoms. The minimum absolute atomic E-state index is 0.0575. The first-order chi connectivity index (χ1) is 7.41. The Labute approximate surface area is 98.2 Å². The van der Waals surface area contributed by atoms with Crippen molar-refractivity contribution < 1.29 is 9.90 Å². The molecular weight excluding hydrogens is 226 g/mol. The van der Waals surface area contributed by atoms with E-state index < -0.39 is 12.0 Å². The van der Waals surface area contributed by atoms with Crippen LogP contribution in [0.3, 0.4) is 0 Å². The summed E-state index contributed by atoms with van der Waals surface area (Å²) in [4.78, 5) is 15.0. The highest BCUT2D eigenvalue weighted by molar-refractivity contribution is 8.00. The summed E-state index contributed by atoms with van der Waals surface area (Å²) in [5.74, 6) is -0.591. The highest BCUT2D eigenvalue weighted by Gasteiger charge is 2.14. The third-order valence-corrected chi connectivity index (χ3v) is 3.43. The Balaban J connectivity index is 2.94. The second-order valence-electron chi connectivity index (χ2n) is 3.52. The van der Waals surface area contributed by atoms with Gasteiger partial charge < -0.3 is 16.6 Å². The molecule has 0 saturated carbocycles. The third kappa shape index (κ3) is 3.11. The van der Waals surface area contributed by atoms with Crippen molar-refractivity contribution in [3.63, 3.8) is 0 Å². The molecule has 1 aromatic rings. The molecule has 0 spiro atoms. The lowest BCUT2D eigenvalue weighted by Crippen LogP contribution is -2.17. The number of amides is 1. The van der Waals surface area contributed by atoms with E-state index in [9.17, 15) is 9.90 Å². The average Bonchev–Trinajstić information content (AvgIpc) is 2.20. The largest absolute Gasteiger partial charge is 0.397 e. The number of rotatable bonds is 4. The van der Waals surface area contributed by atoms with Gasteiger partial charge in [0, 0.05) is 5.25 Å². The first kappa shape index (κ1) is 12.8. The van der Waals surface area contributed by atoms with E-state index >= 15 is 0 Å². The standard InChI is InChI=1S/C10H15N3O2S/c1-5(14)6(2)16-10-7(11)3-4-8(13-10)9(12)15/h3-6,14H,11H2,1-2H3,(H2,12,15). The highest BCUT2D eigenvalue weighted by atomic mass is 32.2. The van der Waals surface area contributed by atoms with Crippen LogP contribution in [0.25, 0.3) is 0 Å². The number of carbonyl (C=O) groups excluding carboxylic acids is 1. The fraction of sp³-hybridized carbons (Fsp3) is 0.400. The van der Waals surface area contributed by atoms with Gasteiger partial charge in [0.25, 0.3) is 5.91 Å². The van der Waals surface area contributed by atoms with Crippen molar-refractivity contribution in [3.05, 3.63) is 17.8 Å². The molecule has 2 unspecified atom stereocenters. The molecule has 0 aliphatic rings. The molecular formula is C10H15N3O2S. The van der Waals surface area contributed by atoms with Crippen LogP contribution in [-0.2, 0) is 0 Å². The van der Waals surface area contributed by atoms with Gasteiger partial charge in [-0.2, -0.15) is 0 Å². The van der Waals surface area contributed by atoms with Crippen LogP contribution in [0.15, 0.2) is 17.2 Å². The second-order valence-corrected chi connectivity index (χ2v) is 4.88. The van der Waals surface area contributed by atoms with Crippen LogP contribution in [0, 0.1) is 0 Å². The molecule has 1 rings (SSSR count). The van der Waals surface area contributed by atoms with Gasteiger partial charge in [-0.3, -0.25) is 4.79 Å². The number of hydrogen-bond acceptors (Lipinski definition) is 5. The maximum atomic E-state index is 10.9. The number of anilines is 1. The molecule has 1 aromatic heterocycles. The zero-order chi connectivity index (χ0) is 12.3. The van der Waals surface area contributed by atoms with Gasteiger partial charge in [-0.25, -0.2) is 4.98 Å². The van der Waals surface area contributed by atoms with E-state index in [0.717, 1.165) is 0 Å². The normalized spacial score (nSPS) is 14.4. The van der Waals surface area contributed by atoms with Crippen molar-refractivity contribution in [1.29, 1.82) is 0 Å². The Bertz CT molecular complexity index is 396. The topological polar surface area (TPSA) is 102 Å². The van der Waals surface area contributed by atoms with E-state index in [1.807, 2.05) is 6.92 Å². The van der Waals surface area contributed by atoms with Gasteiger partial charge in [-0.05, 0) is 19.1 Å². The van der Waals surface area contributed by atoms with Crippen molar-refractivity contribution >= 4 is 23.4 Å². The van der Waals surface area contributed by atoms with Gasteiger partial charge >= 0.3 is 0 Å². The smallest absolute Gasteiger partial charge is 0.267 e. The van der Waals surface area contributed by atoms with Gasteiger partial charge in [0.1, 0.15) is 10.7 Å². The summed E-state index contributed by atoms with van der Waals surface area (Å²) in [5, 5.41) is 9.83. The predicted molar refractivity (Wildman–Crippen MR) is 64.2 cm³/mol. The van der Waals surface area contributed by atoms with Crippen LogP contribution in [0.5, 0.6) is 0 Å². The summed E-state index contributed by atoms with van der Waals surface area (Å²) in [6, 6.07) is 3.07. The van der Waals surface area contributed by atoms with E-state index in [1.54, 1.807) is 13.0 Å². The number of nitrogens with zero attached hydrogens (tertiary/aromatic N) is 1. The van der Waals surface area contributed by atoms with E-state index in [0.29, 0.717) is 10.7 Å². The van der Waals surface area contributed by atoms with Gasteiger partial charge in [0.05, 0.1) is 11.8 Å². The Morgan fingerprint density at radius 1 is 1.50 bits per heavy atom. The summed E-state index contributed by atoms with van der Waals surface area (Å²) in [6.07, 6.45) is -0.483. The zero-order valence-electron chi connectivity index (χ0n) is 9.18. The fourth-order valence-corrected chi connectivity index (χ4v) is 1.86. The molecule has 0 bridgehead atoms. The fourth-order valence-electron chi connectivity index (χ4n) is 0.957. The monoisotopic (exact) mass is 241 g/mol. The molecule has 0 aliphatic heterocycles. The molecule has 1 amide bonds. The SMILES string of the molecule is CC(O)C(C)Sc1nc(C(N)=O)ccc1N. The predicted octanol–water partition coefficient (Wildman–Crippen LogP) is 0.624. The van der Waals surface area contributed by atoms with Crippen LogP contribution in [0.2, 0.25) is 0 Å². The van der Waals surface area contributed by atoms with E-state index in [4.69, 9.17) is 11.5 Å². The van der Waals surface area contributed by atoms with Crippen LogP contribution in [0.4, 0.5) is 5.69 Å². The number of aliphatic hydroxyl groups excluding tert-OH is 1. The molecule has 0 aliphatic carbocycles. The van der Waals surface area contributed by atoms with Crippen LogP contribution in [0.1, 0.15) is 24.3 Å². The van der Waals surface area contributed by atoms with Crippen molar-refractivity contribution in [2.24, 2.45) is 5.73 Å². The van der Waals surface area contributed by atoms with E-state index in [-0.39, 0.29) is 10.9 Å². The number of aliphatic hydroxyl groups is 1. The van der Waals surface area contributed by atoms with Gasteiger partial charge in [0.15, 0.2) is 0 Å². The Morgan fingerprint density at radius 2 is 2.12 bits per heavy atom. The maximum Gasteiger partial charge on any atom is 0.267 e. The van der Waals surface area contributed by atoms with E-state index in [2.05, 4.69) is 4.98 Å². The Kier molecular flexibility index (Phi) is 4.14. The lowest BCUT2D eigenvalue weighted by atomic mass is 10.3. The quantitative estimate of drug-likeness (QED) is 0.671. The lowest BCUT2D eigenvalue weighted by Gasteiger charge is -2.14. The van der Waals surface area contributed by atoms with Gasteiger partial charge in [-0.1, -0.05) is 18.7 Å². The van der Waals surface area contributed by atoms with Crippen LogP contribution in [-0.4, -0.2) is 27.4 Å². The Hall–Kier alpha value is -1.27. The number of primary amides is 1. The summed E-state index contributed by atoms with van der Waals surface area (Å²) < 4.78 is 0. The highest BCUT2D eigenvalue weighted by Crippen LogP contribution is 2.28. The number of nitrogens with two attached hydrogens (primary N) is 2. The van der Waals surface area contributed by atoms with Gasteiger partial charge in [0.2, 0.25) is 0 Å². The lowest BCUT2D eigenvalue weighted by molar-refractivity contribution is 0.0995. The minimum atomic E-state index is -0.591. The number of nitrogen functional groups attached to an aromatic ring is 1. The molecule has 5 N–H and O–H groups in total. The second kappa shape index (κ2) is 5.18. The molecule has 0 fully saturated rings. The van der Waals surface area contributed by atoms with Crippen LogP contribution >= 0.6 is 11.8 Å². The van der Waals surface area contributed by atoms with Crippen molar-refractivity contribution in [2.75, 3.05) is 5.73 Å².